The predicted molar refractivity (Wildman–Crippen MR) is 74.0 cm³/mol. The summed E-state index contributed by atoms with van der Waals surface area (Å²) in [5.74, 6) is -1.18. The number of alkyl halides is 1. The van der Waals surface area contributed by atoms with Gasteiger partial charge in [-0.1, -0.05) is 18.2 Å². The Labute approximate surface area is 119 Å². The zero-order valence-corrected chi connectivity index (χ0v) is 11.3. The summed E-state index contributed by atoms with van der Waals surface area (Å²) in [4.78, 5) is 21.8. The Hall–Kier alpha value is -2.34. The lowest BCUT2D eigenvalue weighted by Gasteiger charge is -2.11. The maximum Gasteiger partial charge on any atom is 0.433 e. The third kappa shape index (κ3) is 2.97. The fourth-order valence-corrected chi connectivity index (χ4v) is 1.88. The number of rotatable bonds is 4. The van der Waals surface area contributed by atoms with Gasteiger partial charge in [0.15, 0.2) is 5.76 Å². The summed E-state index contributed by atoms with van der Waals surface area (Å²) in [7, 11) is 0. The van der Waals surface area contributed by atoms with Crippen molar-refractivity contribution in [3.63, 3.8) is 0 Å². The second-order valence-electron chi connectivity index (χ2n) is 4.05. The first-order valence-electron chi connectivity index (χ1n) is 5.77. The number of para-hydroxylation sites is 1. The molecule has 0 aliphatic heterocycles. The highest BCUT2D eigenvalue weighted by molar-refractivity contribution is 6.21. The molecule has 104 valence electrons. The van der Waals surface area contributed by atoms with Crippen molar-refractivity contribution in [2.75, 3.05) is 5.32 Å². The smallest absolute Gasteiger partial charge is 0.395 e. The lowest BCUT2D eigenvalue weighted by Crippen LogP contribution is -2.12. The van der Waals surface area contributed by atoms with Crippen molar-refractivity contribution in [2.24, 2.45) is 0 Å². The number of nitrogens with zero attached hydrogens (tertiary/aromatic N) is 1. The van der Waals surface area contributed by atoms with Gasteiger partial charge in [0, 0.05) is 5.69 Å². The molecule has 1 atom stereocenters. The Morgan fingerprint density at radius 3 is 2.65 bits per heavy atom. The number of carbonyl (C=O) groups excluding carboxylic acids is 1. The topological polar surface area (TPSA) is 85.4 Å². The third-order valence-electron chi connectivity index (χ3n) is 2.63. The molecule has 0 saturated carbocycles. The van der Waals surface area contributed by atoms with Crippen molar-refractivity contribution in [3.8, 4) is 0 Å². The van der Waals surface area contributed by atoms with Gasteiger partial charge in [0.1, 0.15) is 4.92 Å². The van der Waals surface area contributed by atoms with Crippen LogP contribution in [0.15, 0.2) is 40.8 Å². The van der Waals surface area contributed by atoms with Crippen LogP contribution < -0.4 is 5.32 Å². The molecule has 0 bridgehead atoms. The maximum absolute atomic E-state index is 12.0. The monoisotopic (exact) mass is 294 g/mol. The minimum Gasteiger partial charge on any atom is -0.395 e. The number of halogens is 1. The molecule has 0 fully saturated rings. The van der Waals surface area contributed by atoms with Crippen molar-refractivity contribution >= 4 is 29.1 Å². The van der Waals surface area contributed by atoms with Gasteiger partial charge in [-0.25, -0.2) is 0 Å². The van der Waals surface area contributed by atoms with E-state index >= 15 is 0 Å². The molecule has 0 radical (unpaired) electrons. The van der Waals surface area contributed by atoms with Gasteiger partial charge in [-0.15, -0.1) is 11.6 Å². The van der Waals surface area contributed by atoms with Gasteiger partial charge in [-0.05, 0) is 24.6 Å². The van der Waals surface area contributed by atoms with E-state index in [1.807, 2.05) is 6.07 Å². The summed E-state index contributed by atoms with van der Waals surface area (Å²) in [6.45, 7) is 1.78. The van der Waals surface area contributed by atoms with E-state index in [-0.39, 0.29) is 11.1 Å². The van der Waals surface area contributed by atoms with E-state index in [9.17, 15) is 14.9 Å². The van der Waals surface area contributed by atoms with Crippen LogP contribution in [-0.2, 0) is 0 Å². The number of hydrogen-bond donors (Lipinski definition) is 1. The van der Waals surface area contributed by atoms with Crippen molar-refractivity contribution in [1.82, 2.24) is 0 Å². The van der Waals surface area contributed by atoms with Crippen LogP contribution in [0.25, 0.3) is 0 Å². The van der Waals surface area contributed by atoms with Crippen LogP contribution in [0.4, 0.5) is 11.6 Å². The summed E-state index contributed by atoms with van der Waals surface area (Å²) in [6, 6.07) is 9.43. The van der Waals surface area contributed by atoms with Crippen molar-refractivity contribution in [2.45, 2.75) is 12.3 Å². The Bertz CT molecular complexity index is 651. The fraction of sp³-hybridized carbons (Fsp3) is 0.154. The van der Waals surface area contributed by atoms with E-state index in [1.54, 1.807) is 25.1 Å². The van der Waals surface area contributed by atoms with E-state index in [1.165, 1.54) is 6.07 Å². The van der Waals surface area contributed by atoms with E-state index in [0.29, 0.717) is 5.69 Å². The number of furan rings is 1. The summed E-state index contributed by atoms with van der Waals surface area (Å²) in [5, 5.41) is 12.8. The maximum atomic E-state index is 12.0. The first-order chi connectivity index (χ1) is 9.49. The summed E-state index contributed by atoms with van der Waals surface area (Å²) < 4.78 is 4.84. The van der Waals surface area contributed by atoms with Crippen LogP contribution in [-0.4, -0.2) is 10.8 Å². The molecule has 1 unspecified atom stereocenters. The van der Waals surface area contributed by atoms with E-state index < -0.39 is 16.7 Å². The molecule has 6 nitrogen and oxygen atoms in total. The van der Waals surface area contributed by atoms with Gasteiger partial charge < -0.3 is 9.73 Å². The molecule has 1 amide bonds. The van der Waals surface area contributed by atoms with E-state index in [0.717, 1.165) is 11.6 Å². The molecular formula is C13H11ClN2O4. The van der Waals surface area contributed by atoms with Gasteiger partial charge >= 0.3 is 5.88 Å². The molecule has 1 aromatic heterocycles. The number of anilines is 1. The lowest BCUT2D eigenvalue weighted by molar-refractivity contribution is -0.402. The average molecular weight is 295 g/mol. The fourth-order valence-electron chi connectivity index (χ4n) is 1.69. The highest BCUT2D eigenvalue weighted by Crippen LogP contribution is 2.27. The SMILES string of the molecule is CC(Cl)c1ccccc1NC(=O)c1ccc([N+](=O)[O-])o1. The molecular weight excluding hydrogens is 284 g/mol. The number of amides is 1. The van der Waals surface area contributed by atoms with Crippen molar-refractivity contribution in [1.29, 1.82) is 0 Å². The van der Waals surface area contributed by atoms with E-state index in [2.05, 4.69) is 5.32 Å². The predicted octanol–water partition coefficient (Wildman–Crippen LogP) is 3.74. The van der Waals surface area contributed by atoms with Crippen LogP contribution in [0.2, 0.25) is 0 Å². The standard InChI is InChI=1S/C13H11ClN2O4/c1-8(14)9-4-2-3-5-10(9)15-13(17)11-6-7-12(20-11)16(18)19/h2-8H,1H3,(H,15,17). The summed E-state index contributed by atoms with van der Waals surface area (Å²) in [6.07, 6.45) is 0. The number of nitrogens with one attached hydrogen (secondary N) is 1. The highest BCUT2D eigenvalue weighted by Gasteiger charge is 2.18. The van der Waals surface area contributed by atoms with Crippen LogP contribution in [0.5, 0.6) is 0 Å². The molecule has 1 N–H and O–H groups in total. The minimum atomic E-state index is -0.703. The Morgan fingerprint density at radius 2 is 2.05 bits per heavy atom. The lowest BCUT2D eigenvalue weighted by atomic mass is 10.1. The first-order valence-corrected chi connectivity index (χ1v) is 6.21. The van der Waals surface area contributed by atoms with Gasteiger partial charge in [0.2, 0.25) is 0 Å². The molecule has 7 heteroatoms. The molecule has 1 aromatic carbocycles. The zero-order chi connectivity index (χ0) is 14.7. The molecule has 20 heavy (non-hydrogen) atoms. The second-order valence-corrected chi connectivity index (χ2v) is 4.71. The van der Waals surface area contributed by atoms with E-state index in [4.69, 9.17) is 16.0 Å². The Balaban J connectivity index is 2.21. The van der Waals surface area contributed by atoms with Crippen molar-refractivity contribution in [3.05, 3.63) is 57.8 Å². The third-order valence-corrected chi connectivity index (χ3v) is 2.87. The quantitative estimate of drug-likeness (QED) is 0.529. The highest BCUT2D eigenvalue weighted by atomic mass is 35.5. The number of benzene rings is 1. The Morgan fingerprint density at radius 1 is 1.35 bits per heavy atom. The van der Waals surface area contributed by atoms with Gasteiger partial charge in [0.25, 0.3) is 5.91 Å². The summed E-state index contributed by atoms with van der Waals surface area (Å²) >= 11 is 6.02. The second kappa shape index (κ2) is 5.75. The van der Waals surface area contributed by atoms with Crippen LogP contribution >= 0.6 is 11.6 Å². The minimum absolute atomic E-state index is 0.131. The normalized spacial score (nSPS) is 11.9. The zero-order valence-electron chi connectivity index (χ0n) is 10.5. The Kier molecular flexibility index (Phi) is 4.05. The molecule has 0 spiro atoms. The van der Waals surface area contributed by atoms with Crippen LogP contribution in [0, 0.1) is 10.1 Å². The molecule has 0 aliphatic carbocycles. The molecule has 0 saturated heterocycles. The molecule has 1 heterocycles. The average Bonchev–Trinajstić information content (AvgIpc) is 2.89. The molecule has 2 aromatic rings. The number of hydrogen-bond acceptors (Lipinski definition) is 4. The number of carbonyl (C=O) groups is 1. The van der Waals surface area contributed by atoms with Crippen LogP contribution in [0.3, 0.4) is 0 Å². The number of nitro groups is 1. The van der Waals surface area contributed by atoms with Gasteiger partial charge in [0.05, 0.1) is 11.4 Å². The summed E-state index contributed by atoms with van der Waals surface area (Å²) in [5.41, 5.74) is 1.29. The first kappa shape index (κ1) is 14.1. The molecule has 2 rings (SSSR count). The van der Waals surface area contributed by atoms with Crippen molar-refractivity contribution < 1.29 is 14.1 Å². The van der Waals surface area contributed by atoms with Crippen LogP contribution in [0.1, 0.15) is 28.4 Å². The van der Waals surface area contributed by atoms with Gasteiger partial charge in [-0.3, -0.25) is 14.9 Å². The largest absolute Gasteiger partial charge is 0.433 e. The molecule has 0 aliphatic rings. The van der Waals surface area contributed by atoms with Gasteiger partial charge in [-0.2, -0.15) is 0 Å².